The molecule has 2 N–H and O–H groups in total. The second kappa shape index (κ2) is 8.67. The first-order valence-electron chi connectivity index (χ1n) is 8.48. The maximum atomic E-state index is 12.7. The number of aryl methyl sites for hydroxylation is 1. The molecule has 1 atom stereocenters. The number of hydrogen-bond acceptors (Lipinski definition) is 3. The molecule has 0 saturated carbocycles. The van der Waals surface area contributed by atoms with Crippen molar-refractivity contribution in [2.75, 3.05) is 5.32 Å². The Bertz CT molecular complexity index is 969. The van der Waals surface area contributed by atoms with E-state index in [1.54, 1.807) is 6.07 Å². The number of thiophene rings is 1. The molecule has 0 radical (unpaired) electrons. The van der Waals surface area contributed by atoms with Crippen LogP contribution in [0.3, 0.4) is 0 Å². The second-order valence-electron chi connectivity index (χ2n) is 6.16. The zero-order chi connectivity index (χ0) is 19.4. The van der Waals surface area contributed by atoms with E-state index in [2.05, 4.69) is 33.2 Å². The van der Waals surface area contributed by atoms with Crippen LogP contribution in [-0.4, -0.2) is 11.8 Å². The van der Waals surface area contributed by atoms with Crippen molar-refractivity contribution in [1.29, 1.82) is 0 Å². The Morgan fingerprint density at radius 3 is 2.37 bits per heavy atom. The molecule has 2 aromatic carbocycles. The third kappa shape index (κ3) is 4.75. The van der Waals surface area contributed by atoms with Crippen LogP contribution < -0.4 is 10.6 Å². The number of nitrogens with one attached hydrogen (secondary N) is 2. The molecule has 1 aromatic heterocycles. The summed E-state index contributed by atoms with van der Waals surface area (Å²) >= 11 is 3.43. The number of anilines is 1. The molecule has 6 heteroatoms. The molecular weight excluding hydrogens is 471 g/mol. The van der Waals surface area contributed by atoms with Crippen molar-refractivity contribution >= 4 is 50.7 Å². The maximum Gasteiger partial charge on any atom is 0.262 e. The van der Waals surface area contributed by atoms with Crippen LogP contribution in [0.15, 0.2) is 60.7 Å². The highest BCUT2D eigenvalue weighted by Gasteiger charge is 2.18. The molecule has 0 aliphatic heterocycles. The summed E-state index contributed by atoms with van der Waals surface area (Å²) in [6.45, 7) is 3.83. The van der Waals surface area contributed by atoms with Crippen molar-refractivity contribution in [1.82, 2.24) is 5.32 Å². The highest BCUT2D eigenvalue weighted by atomic mass is 127. The number of carbonyl (C=O) groups excluding carboxylic acids is 2. The molecule has 0 fully saturated rings. The van der Waals surface area contributed by atoms with Gasteiger partial charge in [-0.15, -0.1) is 11.3 Å². The van der Waals surface area contributed by atoms with E-state index < -0.39 is 0 Å². The Labute approximate surface area is 176 Å². The Kier molecular flexibility index (Phi) is 6.28. The highest BCUT2D eigenvalue weighted by Crippen LogP contribution is 2.28. The lowest BCUT2D eigenvalue weighted by molar-refractivity contribution is 0.0942. The summed E-state index contributed by atoms with van der Waals surface area (Å²) in [4.78, 5) is 25.7. The monoisotopic (exact) mass is 490 g/mol. The van der Waals surface area contributed by atoms with Crippen molar-refractivity contribution in [2.24, 2.45) is 0 Å². The summed E-state index contributed by atoms with van der Waals surface area (Å²) in [5.41, 5.74) is 2.51. The first-order valence-corrected chi connectivity index (χ1v) is 10.4. The van der Waals surface area contributed by atoms with Crippen LogP contribution >= 0.6 is 33.9 Å². The maximum absolute atomic E-state index is 12.7. The average Bonchev–Trinajstić information content (AvgIpc) is 3.03. The van der Waals surface area contributed by atoms with E-state index >= 15 is 0 Å². The van der Waals surface area contributed by atoms with Gasteiger partial charge in [-0.2, -0.15) is 0 Å². The number of benzene rings is 2. The van der Waals surface area contributed by atoms with E-state index in [9.17, 15) is 9.59 Å². The van der Waals surface area contributed by atoms with Crippen LogP contribution in [-0.2, 0) is 0 Å². The molecule has 3 rings (SSSR count). The minimum absolute atomic E-state index is 0.0934. The predicted molar refractivity (Wildman–Crippen MR) is 118 cm³/mol. The lowest BCUT2D eigenvalue weighted by Gasteiger charge is -2.13. The van der Waals surface area contributed by atoms with Gasteiger partial charge in [-0.1, -0.05) is 42.5 Å². The fourth-order valence-corrected chi connectivity index (χ4v) is 4.28. The quantitative estimate of drug-likeness (QED) is 0.471. The fraction of sp³-hybridized carbons (Fsp3) is 0.143. The van der Waals surface area contributed by atoms with Crippen molar-refractivity contribution in [2.45, 2.75) is 19.9 Å². The van der Waals surface area contributed by atoms with Crippen LogP contribution in [0, 0.1) is 10.5 Å². The molecule has 0 aliphatic rings. The molecule has 2 amide bonds. The largest absolute Gasteiger partial charge is 0.345 e. The molecule has 0 bridgehead atoms. The molecular formula is C21H19IN2O2S. The van der Waals surface area contributed by atoms with Crippen LogP contribution in [0.25, 0.3) is 0 Å². The number of amides is 2. The van der Waals surface area contributed by atoms with Crippen LogP contribution in [0.1, 0.15) is 44.1 Å². The fourth-order valence-electron chi connectivity index (χ4n) is 2.68. The van der Waals surface area contributed by atoms with Crippen LogP contribution in [0.2, 0.25) is 0 Å². The van der Waals surface area contributed by atoms with Crippen LogP contribution in [0.5, 0.6) is 0 Å². The Morgan fingerprint density at radius 1 is 1.00 bits per heavy atom. The summed E-state index contributed by atoms with van der Waals surface area (Å²) in [6.07, 6.45) is 0. The summed E-state index contributed by atoms with van der Waals surface area (Å²) < 4.78 is 0.885. The smallest absolute Gasteiger partial charge is 0.262 e. The van der Waals surface area contributed by atoms with E-state index in [-0.39, 0.29) is 17.9 Å². The van der Waals surface area contributed by atoms with Gasteiger partial charge < -0.3 is 10.6 Å². The van der Waals surface area contributed by atoms with Gasteiger partial charge in [0.05, 0.1) is 21.5 Å². The Balaban J connectivity index is 1.71. The Morgan fingerprint density at radius 2 is 1.67 bits per heavy atom. The van der Waals surface area contributed by atoms with Gasteiger partial charge in [0, 0.05) is 3.57 Å². The third-order valence-corrected chi connectivity index (χ3v) is 6.22. The van der Waals surface area contributed by atoms with Crippen molar-refractivity contribution in [3.8, 4) is 0 Å². The topological polar surface area (TPSA) is 58.2 Å². The standard InChI is InChI=1S/C21H19IN2O2S/c1-13-12-18(24-20(25)16-10-6-7-11-17(16)22)27-19(13)21(26)23-14(2)15-8-4-3-5-9-15/h3-12,14H,1-2H3,(H,23,26)(H,24,25). The SMILES string of the molecule is Cc1cc(NC(=O)c2ccccc2I)sc1C(=O)NC(C)c1ccccc1. The first-order chi connectivity index (χ1) is 13.0. The van der Waals surface area contributed by atoms with Crippen molar-refractivity contribution in [3.05, 3.63) is 85.8 Å². The third-order valence-electron chi connectivity index (χ3n) is 4.13. The number of hydrogen-bond donors (Lipinski definition) is 2. The summed E-state index contributed by atoms with van der Waals surface area (Å²) in [6, 6.07) is 19.0. The predicted octanol–water partition coefficient (Wildman–Crippen LogP) is 5.40. The Hall–Kier alpha value is -2.19. The van der Waals surface area contributed by atoms with Crippen molar-refractivity contribution in [3.63, 3.8) is 0 Å². The van der Waals surface area contributed by atoms with E-state index in [0.29, 0.717) is 15.4 Å². The summed E-state index contributed by atoms with van der Waals surface area (Å²) in [5.74, 6) is -0.311. The minimum Gasteiger partial charge on any atom is -0.345 e. The molecule has 0 saturated heterocycles. The van der Waals surface area contributed by atoms with Gasteiger partial charge in [0.25, 0.3) is 11.8 Å². The van der Waals surface area contributed by atoms with E-state index in [1.807, 2.05) is 68.4 Å². The molecule has 0 spiro atoms. The first kappa shape index (κ1) is 19.6. The van der Waals surface area contributed by atoms with Crippen LogP contribution in [0.4, 0.5) is 5.00 Å². The van der Waals surface area contributed by atoms with Gasteiger partial charge in [0.15, 0.2) is 0 Å². The summed E-state index contributed by atoms with van der Waals surface area (Å²) in [5, 5.41) is 6.57. The molecule has 138 valence electrons. The van der Waals surface area contributed by atoms with E-state index in [1.165, 1.54) is 11.3 Å². The lowest BCUT2D eigenvalue weighted by atomic mass is 10.1. The number of rotatable bonds is 5. The van der Waals surface area contributed by atoms with Gasteiger partial charge in [-0.25, -0.2) is 0 Å². The number of carbonyl (C=O) groups is 2. The second-order valence-corrected chi connectivity index (χ2v) is 8.38. The molecule has 4 nitrogen and oxygen atoms in total. The van der Waals surface area contributed by atoms with Gasteiger partial charge >= 0.3 is 0 Å². The van der Waals surface area contributed by atoms with E-state index in [4.69, 9.17) is 0 Å². The van der Waals surface area contributed by atoms with Gasteiger partial charge in [0.1, 0.15) is 0 Å². The van der Waals surface area contributed by atoms with Crippen molar-refractivity contribution < 1.29 is 9.59 Å². The highest BCUT2D eigenvalue weighted by molar-refractivity contribution is 14.1. The molecule has 1 heterocycles. The zero-order valence-corrected chi connectivity index (χ0v) is 17.9. The van der Waals surface area contributed by atoms with Gasteiger partial charge in [-0.05, 0) is 65.8 Å². The minimum atomic E-state index is -0.175. The molecule has 27 heavy (non-hydrogen) atoms. The summed E-state index contributed by atoms with van der Waals surface area (Å²) in [7, 11) is 0. The van der Waals surface area contributed by atoms with Gasteiger partial charge in [0.2, 0.25) is 0 Å². The van der Waals surface area contributed by atoms with Gasteiger partial charge in [-0.3, -0.25) is 9.59 Å². The normalized spacial score (nSPS) is 11.7. The zero-order valence-electron chi connectivity index (χ0n) is 15.0. The lowest BCUT2D eigenvalue weighted by Crippen LogP contribution is -2.26. The average molecular weight is 490 g/mol. The number of halogens is 1. The molecule has 0 aliphatic carbocycles. The molecule has 3 aromatic rings. The molecule has 1 unspecified atom stereocenters. The van der Waals surface area contributed by atoms with E-state index in [0.717, 1.165) is 14.7 Å².